The van der Waals surface area contributed by atoms with Crippen molar-refractivity contribution in [1.29, 1.82) is 0 Å². The van der Waals surface area contributed by atoms with Crippen molar-refractivity contribution in [3.63, 3.8) is 0 Å². The number of thiophene rings is 2. The van der Waals surface area contributed by atoms with Crippen LogP contribution in [0, 0.1) is 0 Å². The van der Waals surface area contributed by atoms with Gasteiger partial charge < -0.3 is 5.32 Å². The summed E-state index contributed by atoms with van der Waals surface area (Å²) >= 11 is 13.2. The average Bonchev–Trinajstić information content (AvgIpc) is 2.91. The minimum absolute atomic E-state index is 0.464. The fourth-order valence-corrected chi connectivity index (χ4v) is 5.23. The molecule has 1 nitrogen and oxygen atoms in total. The standard InChI is InChI=1S/C13H13BrClNS2/c14-9-4-5-17-12(9)7-16-10-2-1-3-11-8(10)6-13(15)18-11/h4-6,10,16H,1-3,7H2. The zero-order chi connectivity index (χ0) is 12.5. The predicted molar refractivity (Wildman–Crippen MR) is 83.9 cm³/mol. The van der Waals surface area contributed by atoms with Gasteiger partial charge in [0, 0.05) is 26.8 Å². The molecule has 1 aliphatic carbocycles. The lowest BCUT2D eigenvalue weighted by Crippen LogP contribution is -2.23. The maximum Gasteiger partial charge on any atom is 0.0934 e. The van der Waals surface area contributed by atoms with E-state index in [2.05, 4.69) is 38.8 Å². The van der Waals surface area contributed by atoms with E-state index < -0.39 is 0 Å². The van der Waals surface area contributed by atoms with E-state index in [9.17, 15) is 0 Å². The van der Waals surface area contributed by atoms with Crippen LogP contribution in [0.3, 0.4) is 0 Å². The molecule has 3 rings (SSSR count). The van der Waals surface area contributed by atoms with E-state index in [0.717, 1.165) is 10.9 Å². The Bertz CT molecular complexity index is 549. The summed E-state index contributed by atoms with van der Waals surface area (Å²) in [5.41, 5.74) is 1.42. The Kier molecular flexibility index (Phi) is 4.11. The third-order valence-electron chi connectivity index (χ3n) is 3.28. The topological polar surface area (TPSA) is 12.0 Å². The largest absolute Gasteiger partial charge is 0.305 e. The molecule has 0 saturated heterocycles. The van der Waals surface area contributed by atoms with E-state index in [1.807, 2.05) is 0 Å². The first kappa shape index (κ1) is 13.1. The van der Waals surface area contributed by atoms with Crippen LogP contribution in [-0.4, -0.2) is 0 Å². The Morgan fingerprint density at radius 3 is 3.17 bits per heavy atom. The average molecular weight is 363 g/mol. The Balaban J connectivity index is 1.73. The smallest absolute Gasteiger partial charge is 0.0934 e. The van der Waals surface area contributed by atoms with Gasteiger partial charge in [-0.05, 0) is 58.3 Å². The molecule has 2 heterocycles. The van der Waals surface area contributed by atoms with Gasteiger partial charge in [-0.15, -0.1) is 22.7 Å². The van der Waals surface area contributed by atoms with Crippen molar-refractivity contribution >= 4 is 50.2 Å². The summed E-state index contributed by atoms with van der Waals surface area (Å²) in [5, 5.41) is 5.78. The minimum atomic E-state index is 0.464. The van der Waals surface area contributed by atoms with E-state index in [1.165, 1.54) is 39.1 Å². The second kappa shape index (κ2) is 5.63. The third-order valence-corrected chi connectivity index (χ3v) is 6.55. The minimum Gasteiger partial charge on any atom is -0.305 e. The van der Waals surface area contributed by atoms with Crippen LogP contribution in [0.2, 0.25) is 4.34 Å². The maximum absolute atomic E-state index is 6.13. The molecule has 5 heteroatoms. The summed E-state index contributed by atoms with van der Waals surface area (Å²) in [6.07, 6.45) is 3.66. The molecule has 0 aliphatic heterocycles. The van der Waals surface area contributed by atoms with Crippen molar-refractivity contribution < 1.29 is 0 Å². The van der Waals surface area contributed by atoms with Crippen LogP contribution in [0.15, 0.2) is 22.0 Å². The molecule has 0 bridgehead atoms. The van der Waals surface area contributed by atoms with Crippen molar-refractivity contribution in [1.82, 2.24) is 5.32 Å². The molecule has 0 fully saturated rings. The number of fused-ring (bicyclic) bond motifs is 1. The molecular weight excluding hydrogens is 350 g/mol. The van der Waals surface area contributed by atoms with Crippen molar-refractivity contribution in [2.45, 2.75) is 31.8 Å². The molecule has 1 unspecified atom stereocenters. The first-order chi connectivity index (χ1) is 8.74. The van der Waals surface area contributed by atoms with E-state index in [-0.39, 0.29) is 0 Å². The van der Waals surface area contributed by atoms with Crippen molar-refractivity contribution in [3.8, 4) is 0 Å². The van der Waals surface area contributed by atoms with Crippen LogP contribution >= 0.6 is 50.2 Å². The highest BCUT2D eigenvalue weighted by Gasteiger charge is 2.22. The number of hydrogen-bond donors (Lipinski definition) is 1. The summed E-state index contributed by atoms with van der Waals surface area (Å²) in [4.78, 5) is 2.83. The van der Waals surface area contributed by atoms with Gasteiger partial charge in [0.15, 0.2) is 0 Å². The van der Waals surface area contributed by atoms with E-state index in [4.69, 9.17) is 11.6 Å². The number of halogens is 2. The summed E-state index contributed by atoms with van der Waals surface area (Å²) in [6, 6.07) is 4.71. The molecule has 0 aromatic carbocycles. The summed E-state index contributed by atoms with van der Waals surface area (Å²) in [7, 11) is 0. The van der Waals surface area contributed by atoms with Crippen molar-refractivity contribution in [2.24, 2.45) is 0 Å². The maximum atomic E-state index is 6.13. The SMILES string of the molecule is Clc1cc2c(s1)CCCC2NCc1sccc1Br. The van der Waals surface area contributed by atoms with Crippen molar-refractivity contribution in [2.75, 3.05) is 0 Å². The monoisotopic (exact) mass is 361 g/mol. The van der Waals surface area contributed by atoms with Gasteiger partial charge in [-0.1, -0.05) is 11.6 Å². The van der Waals surface area contributed by atoms with Gasteiger partial charge in [0.1, 0.15) is 0 Å². The predicted octanol–water partition coefficient (Wildman–Crippen LogP) is 5.39. The second-order valence-corrected chi connectivity index (χ2v) is 8.07. The summed E-state index contributed by atoms with van der Waals surface area (Å²) < 4.78 is 2.13. The third kappa shape index (κ3) is 2.68. The van der Waals surface area contributed by atoms with Gasteiger partial charge in [-0.3, -0.25) is 0 Å². The van der Waals surface area contributed by atoms with Crippen LogP contribution < -0.4 is 5.32 Å². The number of nitrogens with one attached hydrogen (secondary N) is 1. The summed E-state index contributed by atoms with van der Waals surface area (Å²) in [5.74, 6) is 0. The number of rotatable bonds is 3. The first-order valence-corrected chi connectivity index (χ1v) is 8.84. The zero-order valence-corrected chi connectivity index (χ0v) is 13.7. The fraction of sp³-hybridized carbons (Fsp3) is 0.385. The molecule has 2 aromatic rings. The molecule has 0 spiro atoms. The van der Waals surface area contributed by atoms with E-state index in [1.54, 1.807) is 22.7 Å². The highest BCUT2D eigenvalue weighted by Crippen LogP contribution is 2.38. The Morgan fingerprint density at radius 1 is 1.50 bits per heavy atom. The van der Waals surface area contributed by atoms with Crippen LogP contribution in [0.4, 0.5) is 0 Å². The van der Waals surface area contributed by atoms with Crippen LogP contribution in [-0.2, 0) is 13.0 Å². The van der Waals surface area contributed by atoms with Crippen LogP contribution in [0.5, 0.6) is 0 Å². The molecule has 0 saturated carbocycles. The van der Waals surface area contributed by atoms with Crippen molar-refractivity contribution in [3.05, 3.63) is 41.6 Å². The van der Waals surface area contributed by atoms with Gasteiger partial charge in [0.05, 0.1) is 4.34 Å². The molecule has 1 N–H and O–H groups in total. The molecule has 2 aromatic heterocycles. The first-order valence-electron chi connectivity index (χ1n) is 5.97. The quantitative estimate of drug-likeness (QED) is 0.771. The number of hydrogen-bond acceptors (Lipinski definition) is 3. The number of aryl methyl sites for hydroxylation is 1. The zero-order valence-electron chi connectivity index (χ0n) is 9.71. The lowest BCUT2D eigenvalue weighted by molar-refractivity contribution is 0.464. The lowest BCUT2D eigenvalue weighted by Gasteiger charge is -2.23. The molecule has 18 heavy (non-hydrogen) atoms. The fourth-order valence-electron chi connectivity index (χ4n) is 2.40. The van der Waals surface area contributed by atoms with Gasteiger partial charge in [-0.2, -0.15) is 0 Å². The molecular formula is C13H13BrClNS2. The normalized spacial score (nSPS) is 18.9. The lowest BCUT2D eigenvalue weighted by atomic mass is 9.94. The van der Waals surface area contributed by atoms with E-state index >= 15 is 0 Å². The van der Waals surface area contributed by atoms with Crippen LogP contribution in [0.25, 0.3) is 0 Å². The van der Waals surface area contributed by atoms with Gasteiger partial charge >= 0.3 is 0 Å². The Morgan fingerprint density at radius 2 is 2.39 bits per heavy atom. The molecule has 96 valence electrons. The van der Waals surface area contributed by atoms with Gasteiger partial charge in [-0.25, -0.2) is 0 Å². The van der Waals surface area contributed by atoms with Crippen LogP contribution in [0.1, 0.15) is 34.2 Å². The Labute approximate surface area is 128 Å². The van der Waals surface area contributed by atoms with E-state index in [0.29, 0.717) is 6.04 Å². The van der Waals surface area contributed by atoms with Gasteiger partial charge in [0.2, 0.25) is 0 Å². The van der Waals surface area contributed by atoms with Gasteiger partial charge in [0.25, 0.3) is 0 Å². The molecule has 0 radical (unpaired) electrons. The highest BCUT2D eigenvalue weighted by atomic mass is 79.9. The summed E-state index contributed by atoms with van der Waals surface area (Å²) in [6.45, 7) is 0.926. The molecule has 1 aliphatic rings. The molecule has 0 amide bonds. The molecule has 1 atom stereocenters. The second-order valence-electron chi connectivity index (χ2n) is 4.45. The highest BCUT2D eigenvalue weighted by molar-refractivity contribution is 9.10. The Hall–Kier alpha value is 0.130.